The molecule has 0 saturated carbocycles. The summed E-state index contributed by atoms with van der Waals surface area (Å²) in [5.41, 5.74) is 2.13. The van der Waals surface area contributed by atoms with Crippen molar-refractivity contribution in [2.45, 2.75) is 44.2 Å². The van der Waals surface area contributed by atoms with Crippen LogP contribution in [0, 0.1) is 5.82 Å². The molecule has 0 radical (unpaired) electrons. The Bertz CT molecular complexity index is 782. The molecule has 0 spiro atoms. The van der Waals surface area contributed by atoms with Gasteiger partial charge in [-0.2, -0.15) is 0 Å². The number of benzene rings is 2. The number of hydrogen-bond donors (Lipinski definition) is 0. The van der Waals surface area contributed by atoms with Gasteiger partial charge in [0.2, 0.25) is 0 Å². The lowest BCUT2D eigenvalue weighted by atomic mass is 10.00. The maximum atomic E-state index is 13.4. The maximum absolute atomic E-state index is 13.4. The molecule has 1 amide bonds. The molecule has 1 unspecified atom stereocenters. The van der Waals surface area contributed by atoms with E-state index in [1.807, 2.05) is 11.0 Å². The molecule has 154 valence electrons. The summed E-state index contributed by atoms with van der Waals surface area (Å²) in [4.78, 5) is 17.6. The van der Waals surface area contributed by atoms with E-state index in [1.54, 1.807) is 12.1 Å². The fourth-order valence-corrected chi connectivity index (χ4v) is 4.38. The van der Waals surface area contributed by atoms with Crippen molar-refractivity contribution in [3.8, 4) is 0 Å². The fraction of sp³-hybridized carbons (Fsp3) is 0.458. The minimum absolute atomic E-state index is 0.0249. The van der Waals surface area contributed by atoms with Crippen LogP contribution in [0.25, 0.3) is 0 Å². The van der Waals surface area contributed by atoms with Crippen molar-refractivity contribution in [2.24, 2.45) is 0 Å². The van der Waals surface area contributed by atoms with Gasteiger partial charge < -0.3 is 14.5 Å². The fourth-order valence-electron chi connectivity index (χ4n) is 4.38. The molecule has 0 N–H and O–H groups in total. The van der Waals surface area contributed by atoms with Crippen LogP contribution in [0.15, 0.2) is 54.6 Å². The van der Waals surface area contributed by atoms with Crippen LogP contribution in [-0.4, -0.2) is 49.2 Å². The molecule has 2 aliphatic rings. The van der Waals surface area contributed by atoms with E-state index in [9.17, 15) is 9.18 Å². The lowest BCUT2D eigenvalue weighted by molar-refractivity contribution is -0.128. The third kappa shape index (κ3) is 5.03. The van der Waals surface area contributed by atoms with Crippen molar-refractivity contribution < 1.29 is 13.9 Å². The number of likely N-dealkylation sites (tertiary alicyclic amines) is 1. The summed E-state index contributed by atoms with van der Waals surface area (Å²) in [6.07, 6.45) is 4.21. The predicted molar refractivity (Wildman–Crippen MR) is 112 cm³/mol. The number of amides is 1. The molecule has 2 aromatic carbocycles. The van der Waals surface area contributed by atoms with Crippen LogP contribution in [0.2, 0.25) is 0 Å². The van der Waals surface area contributed by atoms with E-state index in [4.69, 9.17) is 4.74 Å². The van der Waals surface area contributed by atoms with Crippen LogP contribution in [0.5, 0.6) is 0 Å². The van der Waals surface area contributed by atoms with E-state index < -0.39 is 0 Å². The number of anilines is 1. The molecule has 2 fully saturated rings. The van der Waals surface area contributed by atoms with Crippen molar-refractivity contribution in [3.05, 3.63) is 66.0 Å². The van der Waals surface area contributed by atoms with Gasteiger partial charge >= 0.3 is 0 Å². The maximum Gasteiger partial charge on any atom is 0.256 e. The summed E-state index contributed by atoms with van der Waals surface area (Å²) in [7, 11) is 0. The summed E-state index contributed by atoms with van der Waals surface area (Å²) in [6, 6.07) is 17.0. The number of rotatable bonds is 6. The molecule has 2 saturated heterocycles. The van der Waals surface area contributed by atoms with Gasteiger partial charge in [0.25, 0.3) is 5.91 Å². The van der Waals surface area contributed by atoms with E-state index in [2.05, 4.69) is 29.2 Å². The average Bonchev–Trinajstić information content (AvgIpc) is 3.30. The van der Waals surface area contributed by atoms with Crippen molar-refractivity contribution in [2.75, 3.05) is 31.1 Å². The van der Waals surface area contributed by atoms with E-state index in [0.717, 1.165) is 57.4 Å². The van der Waals surface area contributed by atoms with Gasteiger partial charge in [0.1, 0.15) is 11.9 Å². The van der Waals surface area contributed by atoms with E-state index in [-0.39, 0.29) is 23.9 Å². The second kappa shape index (κ2) is 9.51. The summed E-state index contributed by atoms with van der Waals surface area (Å²) in [5.74, 6) is -0.258. The molecule has 0 aromatic heterocycles. The number of carbonyl (C=O) groups is 1. The Kier molecular flexibility index (Phi) is 6.57. The lowest BCUT2D eigenvalue weighted by Gasteiger charge is -2.39. The minimum Gasteiger partial charge on any atom is -0.368 e. The van der Waals surface area contributed by atoms with Gasteiger partial charge in [-0.15, -0.1) is 0 Å². The molecule has 4 nitrogen and oxygen atoms in total. The number of piperidine rings is 1. The van der Waals surface area contributed by atoms with Gasteiger partial charge in [-0.3, -0.25) is 4.79 Å². The summed E-state index contributed by atoms with van der Waals surface area (Å²) >= 11 is 0. The molecular formula is C24H29FN2O2. The van der Waals surface area contributed by atoms with Crippen LogP contribution < -0.4 is 4.90 Å². The number of nitrogens with zero attached hydrogens (tertiary/aromatic N) is 2. The van der Waals surface area contributed by atoms with Crippen LogP contribution >= 0.6 is 0 Å². The van der Waals surface area contributed by atoms with Crippen LogP contribution in [0.3, 0.4) is 0 Å². The first kappa shape index (κ1) is 20.0. The van der Waals surface area contributed by atoms with Crippen LogP contribution in [0.1, 0.15) is 31.2 Å². The lowest BCUT2D eigenvalue weighted by Crippen LogP contribution is -2.50. The van der Waals surface area contributed by atoms with E-state index >= 15 is 0 Å². The standard InChI is InChI=1S/C24H29FN2O2/c25-20-8-10-21(11-9-20)27(24(28)23-7-4-18-29-23)22-13-16-26(17-14-22)15-12-19-5-2-1-3-6-19/h1-3,5-6,8-11,22-23H,4,7,12-18H2. The van der Waals surface area contributed by atoms with Crippen LogP contribution in [-0.2, 0) is 16.0 Å². The van der Waals surface area contributed by atoms with Crippen molar-refractivity contribution in [1.29, 1.82) is 0 Å². The molecule has 2 aromatic rings. The zero-order valence-electron chi connectivity index (χ0n) is 16.8. The molecule has 1 atom stereocenters. The molecule has 0 aliphatic carbocycles. The van der Waals surface area contributed by atoms with Gasteiger partial charge in [-0.25, -0.2) is 4.39 Å². The van der Waals surface area contributed by atoms with Gasteiger partial charge in [0.05, 0.1) is 0 Å². The Morgan fingerprint density at radius 3 is 2.41 bits per heavy atom. The SMILES string of the molecule is O=C(C1CCCO1)N(c1ccc(F)cc1)C1CCN(CCc2ccccc2)CC1. The van der Waals surface area contributed by atoms with Gasteiger partial charge in [0, 0.05) is 38.0 Å². The second-order valence-corrected chi connectivity index (χ2v) is 7.99. The Balaban J connectivity index is 1.40. The molecule has 4 rings (SSSR count). The Hall–Kier alpha value is -2.24. The molecule has 5 heteroatoms. The van der Waals surface area contributed by atoms with E-state index in [0.29, 0.717) is 6.61 Å². The largest absolute Gasteiger partial charge is 0.368 e. The quantitative estimate of drug-likeness (QED) is 0.739. The third-order valence-electron chi connectivity index (χ3n) is 6.03. The third-order valence-corrected chi connectivity index (χ3v) is 6.03. The summed E-state index contributed by atoms with van der Waals surface area (Å²) in [5, 5.41) is 0. The number of hydrogen-bond acceptors (Lipinski definition) is 3. The average molecular weight is 397 g/mol. The minimum atomic E-state index is -0.365. The normalized spacial score (nSPS) is 20.7. The number of halogens is 1. The molecule has 2 aliphatic heterocycles. The Labute approximate surface area is 172 Å². The van der Waals surface area contributed by atoms with Gasteiger partial charge in [0.15, 0.2) is 0 Å². The van der Waals surface area contributed by atoms with Gasteiger partial charge in [-0.1, -0.05) is 30.3 Å². The zero-order chi connectivity index (χ0) is 20.1. The monoisotopic (exact) mass is 396 g/mol. The van der Waals surface area contributed by atoms with Gasteiger partial charge in [-0.05, 0) is 61.9 Å². The molecular weight excluding hydrogens is 367 g/mol. The van der Waals surface area contributed by atoms with Crippen LogP contribution in [0.4, 0.5) is 10.1 Å². The number of carbonyl (C=O) groups excluding carboxylic acids is 1. The first-order chi connectivity index (χ1) is 14.2. The first-order valence-electron chi connectivity index (χ1n) is 10.7. The van der Waals surface area contributed by atoms with Crippen molar-refractivity contribution in [3.63, 3.8) is 0 Å². The number of ether oxygens (including phenoxy) is 1. The smallest absolute Gasteiger partial charge is 0.256 e. The zero-order valence-corrected chi connectivity index (χ0v) is 16.8. The highest BCUT2D eigenvalue weighted by Gasteiger charge is 2.35. The van der Waals surface area contributed by atoms with Crippen molar-refractivity contribution >= 4 is 11.6 Å². The summed E-state index contributed by atoms with van der Waals surface area (Å²) < 4.78 is 19.1. The molecule has 2 heterocycles. The second-order valence-electron chi connectivity index (χ2n) is 7.99. The highest BCUT2D eigenvalue weighted by atomic mass is 19.1. The highest BCUT2D eigenvalue weighted by molar-refractivity contribution is 5.97. The Morgan fingerprint density at radius 2 is 1.76 bits per heavy atom. The predicted octanol–water partition coefficient (Wildman–Crippen LogP) is 4.04. The first-order valence-corrected chi connectivity index (χ1v) is 10.7. The topological polar surface area (TPSA) is 32.8 Å². The van der Waals surface area contributed by atoms with E-state index in [1.165, 1.54) is 17.7 Å². The Morgan fingerprint density at radius 1 is 1.03 bits per heavy atom. The highest BCUT2D eigenvalue weighted by Crippen LogP contribution is 2.27. The molecule has 29 heavy (non-hydrogen) atoms. The summed E-state index contributed by atoms with van der Waals surface area (Å²) in [6.45, 7) is 3.61. The molecule has 0 bridgehead atoms. The van der Waals surface area contributed by atoms with Crippen molar-refractivity contribution in [1.82, 2.24) is 4.90 Å².